The van der Waals surface area contributed by atoms with Gasteiger partial charge in [0.15, 0.2) is 0 Å². The van der Waals surface area contributed by atoms with E-state index in [0.717, 1.165) is 13.1 Å². The molecule has 0 saturated carbocycles. The number of nitrogens with one attached hydrogen (secondary N) is 2. The second-order valence-corrected chi connectivity index (χ2v) is 4.53. The molecule has 4 nitrogen and oxygen atoms in total. The summed E-state index contributed by atoms with van der Waals surface area (Å²) in [5.41, 5.74) is 0. The third kappa shape index (κ3) is 2.51. The predicted molar refractivity (Wildman–Crippen MR) is 63.4 cm³/mol. The molecular weight excluding hydrogens is 226 g/mol. The molecule has 0 aromatic carbocycles. The van der Waals surface area contributed by atoms with Gasteiger partial charge in [-0.25, -0.2) is 4.98 Å². The minimum absolute atomic E-state index is 0.0207. The van der Waals surface area contributed by atoms with Gasteiger partial charge in [-0.3, -0.25) is 4.79 Å². The number of rotatable bonds is 2. The number of hydrogen-bond donors (Lipinski definition) is 2. The van der Waals surface area contributed by atoms with E-state index in [1.54, 1.807) is 12.1 Å². The maximum Gasteiger partial charge on any atom is 0.230 e. The van der Waals surface area contributed by atoms with Crippen LogP contribution < -0.4 is 10.6 Å². The first-order valence-corrected chi connectivity index (χ1v) is 5.68. The number of aromatic nitrogens is 1. The van der Waals surface area contributed by atoms with E-state index in [0.29, 0.717) is 16.8 Å². The van der Waals surface area contributed by atoms with Crippen molar-refractivity contribution >= 4 is 23.3 Å². The molecule has 1 aromatic rings. The highest BCUT2D eigenvalue weighted by atomic mass is 35.5. The standard InChI is InChI=1S/C11H14ClN3O/c1-7-4-13-6-9(7)11(16)15-10-3-2-8(12)5-14-10/h2-3,5,7,9,13H,4,6H2,1H3,(H,14,15,16)/t7-,9-/m1/s1. The van der Waals surface area contributed by atoms with E-state index >= 15 is 0 Å². The number of carbonyl (C=O) groups is 1. The molecular formula is C11H14ClN3O. The average Bonchev–Trinajstić information content (AvgIpc) is 2.68. The van der Waals surface area contributed by atoms with E-state index in [2.05, 4.69) is 22.5 Å². The minimum atomic E-state index is 0.0207. The van der Waals surface area contributed by atoms with Crippen LogP contribution in [0.25, 0.3) is 0 Å². The van der Waals surface area contributed by atoms with Crippen LogP contribution in [-0.4, -0.2) is 24.0 Å². The number of carbonyl (C=O) groups excluding carboxylic acids is 1. The van der Waals surface area contributed by atoms with Crippen molar-refractivity contribution in [2.24, 2.45) is 11.8 Å². The van der Waals surface area contributed by atoms with Gasteiger partial charge in [-0.1, -0.05) is 18.5 Å². The summed E-state index contributed by atoms with van der Waals surface area (Å²) in [6.45, 7) is 3.70. The van der Waals surface area contributed by atoms with Gasteiger partial charge in [0.2, 0.25) is 5.91 Å². The molecule has 0 radical (unpaired) electrons. The summed E-state index contributed by atoms with van der Waals surface area (Å²) >= 11 is 5.71. The van der Waals surface area contributed by atoms with Crippen LogP contribution in [0.1, 0.15) is 6.92 Å². The Morgan fingerprint density at radius 2 is 2.38 bits per heavy atom. The van der Waals surface area contributed by atoms with Gasteiger partial charge in [0.1, 0.15) is 5.82 Å². The smallest absolute Gasteiger partial charge is 0.230 e. The lowest BCUT2D eigenvalue weighted by Crippen LogP contribution is -2.28. The summed E-state index contributed by atoms with van der Waals surface area (Å²) in [7, 11) is 0. The number of nitrogens with zero attached hydrogens (tertiary/aromatic N) is 1. The van der Waals surface area contributed by atoms with Gasteiger partial charge >= 0.3 is 0 Å². The highest BCUT2D eigenvalue weighted by molar-refractivity contribution is 6.30. The number of amides is 1. The Morgan fingerprint density at radius 1 is 1.56 bits per heavy atom. The van der Waals surface area contributed by atoms with E-state index < -0.39 is 0 Å². The fourth-order valence-corrected chi connectivity index (χ4v) is 1.94. The zero-order chi connectivity index (χ0) is 11.5. The average molecular weight is 240 g/mol. The van der Waals surface area contributed by atoms with Gasteiger partial charge in [-0.2, -0.15) is 0 Å². The number of hydrogen-bond acceptors (Lipinski definition) is 3. The normalized spacial score (nSPS) is 24.4. The van der Waals surface area contributed by atoms with Crippen molar-refractivity contribution in [3.05, 3.63) is 23.4 Å². The highest BCUT2D eigenvalue weighted by Gasteiger charge is 2.29. The van der Waals surface area contributed by atoms with Crippen molar-refractivity contribution in [1.29, 1.82) is 0 Å². The molecule has 2 heterocycles. The summed E-state index contributed by atoms with van der Waals surface area (Å²) in [5.74, 6) is 0.964. The number of pyridine rings is 1. The summed E-state index contributed by atoms with van der Waals surface area (Å²) < 4.78 is 0. The molecule has 1 amide bonds. The molecule has 2 atom stereocenters. The quantitative estimate of drug-likeness (QED) is 0.823. The van der Waals surface area contributed by atoms with E-state index in [1.165, 1.54) is 6.20 Å². The first-order valence-electron chi connectivity index (χ1n) is 5.30. The zero-order valence-corrected chi connectivity index (χ0v) is 9.79. The van der Waals surface area contributed by atoms with Gasteiger partial charge in [0, 0.05) is 12.7 Å². The van der Waals surface area contributed by atoms with Crippen LogP contribution in [0, 0.1) is 11.8 Å². The van der Waals surface area contributed by atoms with Crippen molar-refractivity contribution in [3.63, 3.8) is 0 Å². The minimum Gasteiger partial charge on any atom is -0.316 e. The van der Waals surface area contributed by atoms with Crippen LogP contribution in [-0.2, 0) is 4.79 Å². The Morgan fingerprint density at radius 3 is 2.94 bits per heavy atom. The lowest BCUT2D eigenvalue weighted by Gasteiger charge is -2.13. The van der Waals surface area contributed by atoms with Crippen molar-refractivity contribution in [3.8, 4) is 0 Å². The summed E-state index contributed by atoms with van der Waals surface area (Å²) in [6.07, 6.45) is 1.52. The fourth-order valence-electron chi connectivity index (χ4n) is 1.83. The summed E-state index contributed by atoms with van der Waals surface area (Å²) in [5, 5.41) is 6.55. The summed E-state index contributed by atoms with van der Waals surface area (Å²) in [6, 6.07) is 3.41. The molecule has 0 unspecified atom stereocenters. The van der Waals surface area contributed by atoms with Gasteiger partial charge in [-0.15, -0.1) is 0 Å². The molecule has 2 N–H and O–H groups in total. The topological polar surface area (TPSA) is 54.0 Å². The van der Waals surface area contributed by atoms with Crippen LogP contribution in [0.3, 0.4) is 0 Å². The third-order valence-corrected chi connectivity index (χ3v) is 3.06. The van der Waals surface area contributed by atoms with E-state index in [9.17, 15) is 4.79 Å². The molecule has 1 saturated heterocycles. The first kappa shape index (κ1) is 11.4. The molecule has 1 aliphatic heterocycles. The fraction of sp³-hybridized carbons (Fsp3) is 0.455. The Bertz CT molecular complexity index is 379. The molecule has 2 rings (SSSR count). The molecule has 16 heavy (non-hydrogen) atoms. The van der Waals surface area contributed by atoms with Crippen LogP contribution in [0.4, 0.5) is 5.82 Å². The molecule has 0 spiro atoms. The molecule has 0 bridgehead atoms. The molecule has 5 heteroatoms. The van der Waals surface area contributed by atoms with Gasteiger partial charge in [0.05, 0.1) is 10.9 Å². The van der Waals surface area contributed by atoms with Crippen molar-refractivity contribution in [2.45, 2.75) is 6.92 Å². The largest absolute Gasteiger partial charge is 0.316 e. The van der Waals surface area contributed by atoms with Gasteiger partial charge in [-0.05, 0) is 24.6 Å². The Kier molecular flexibility index (Phi) is 3.41. The van der Waals surface area contributed by atoms with Crippen molar-refractivity contribution < 1.29 is 4.79 Å². The molecule has 86 valence electrons. The lowest BCUT2D eigenvalue weighted by atomic mass is 9.97. The van der Waals surface area contributed by atoms with Gasteiger partial charge in [0.25, 0.3) is 0 Å². The van der Waals surface area contributed by atoms with Crippen LogP contribution in [0.15, 0.2) is 18.3 Å². The first-order chi connectivity index (χ1) is 7.66. The molecule has 1 aliphatic rings. The SMILES string of the molecule is C[C@@H]1CNC[C@H]1C(=O)Nc1ccc(Cl)cn1. The maximum atomic E-state index is 11.9. The van der Waals surface area contributed by atoms with Crippen LogP contribution >= 0.6 is 11.6 Å². The van der Waals surface area contributed by atoms with Gasteiger partial charge < -0.3 is 10.6 Å². The van der Waals surface area contributed by atoms with Crippen molar-refractivity contribution in [1.82, 2.24) is 10.3 Å². The molecule has 1 aromatic heterocycles. The van der Waals surface area contributed by atoms with Crippen molar-refractivity contribution in [2.75, 3.05) is 18.4 Å². The number of anilines is 1. The Labute approximate surface area is 99.4 Å². The summed E-state index contributed by atoms with van der Waals surface area (Å²) in [4.78, 5) is 15.9. The van der Waals surface area contributed by atoms with Crippen LogP contribution in [0.2, 0.25) is 5.02 Å². The zero-order valence-electron chi connectivity index (χ0n) is 9.03. The van der Waals surface area contributed by atoms with E-state index in [1.807, 2.05) is 0 Å². The predicted octanol–water partition coefficient (Wildman–Crippen LogP) is 1.53. The Balaban J connectivity index is 1.99. The number of halogens is 1. The highest BCUT2D eigenvalue weighted by Crippen LogP contribution is 2.18. The maximum absolute atomic E-state index is 11.9. The second kappa shape index (κ2) is 4.80. The molecule has 0 aliphatic carbocycles. The van der Waals surface area contributed by atoms with E-state index in [-0.39, 0.29) is 11.8 Å². The molecule has 1 fully saturated rings. The second-order valence-electron chi connectivity index (χ2n) is 4.09. The van der Waals surface area contributed by atoms with E-state index in [4.69, 9.17) is 11.6 Å². The van der Waals surface area contributed by atoms with Crippen LogP contribution in [0.5, 0.6) is 0 Å². The lowest BCUT2D eigenvalue weighted by molar-refractivity contribution is -0.120. The monoisotopic (exact) mass is 239 g/mol. The Hall–Kier alpha value is -1.13. The third-order valence-electron chi connectivity index (χ3n) is 2.83.